The van der Waals surface area contributed by atoms with Crippen molar-refractivity contribution in [2.24, 2.45) is 0 Å². The van der Waals surface area contributed by atoms with Gasteiger partial charge < -0.3 is 4.74 Å². The molecule has 1 heterocycles. The van der Waals surface area contributed by atoms with Crippen LogP contribution in [0, 0.1) is 23.7 Å². The second-order valence-corrected chi connectivity index (χ2v) is 6.59. The highest BCUT2D eigenvalue weighted by molar-refractivity contribution is 8.18. The van der Waals surface area contributed by atoms with Crippen LogP contribution in [0.3, 0.4) is 0 Å². The predicted octanol–water partition coefficient (Wildman–Crippen LogP) is 3.81. The van der Waals surface area contributed by atoms with Gasteiger partial charge in [0.05, 0.1) is 23.1 Å². The lowest BCUT2D eigenvalue weighted by molar-refractivity contribution is -0.123. The van der Waals surface area contributed by atoms with Crippen LogP contribution in [-0.4, -0.2) is 22.7 Å². The normalized spacial score (nSPS) is 14.9. The van der Waals surface area contributed by atoms with Crippen molar-refractivity contribution in [3.8, 4) is 24.2 Å². The fourth-order valence-corrected chi connectivity index (χ4v) is 3.35. The van der Waals surface area contributed by atoms with Crippen molar-refractivity contribution in [3.05, 3.63) is 70.1 Å². The van der Waals surface area contributed by atoms with Gasteiger partial charge in [-0.2, -0.15) is 5.26 Å². The minimum atomic E-state index is -0.370. The highest BCUT2D eigenvalue weighted by Crippen LogP contribution is 2.33. The Kier molecular flexibility index (Phi) is 5.61. The molecule has 1 aliphatic rings. The van der Waals surface area contributed by atoms with Gasteiger partial charge in [0.15, 0.2) is 0 Å². The Bertz CT molecular complexity index is 997. The Balaban J connectivity index is 1.76. The average molecular weight is 374 g/mol. The lowest BCUT2D eigenvalue weighted by Crippen LogP contribution is -2.27. The van der Waals surface area contributed by atoms with E-state index in [-0.39, 0.29) is 24.3 Å². The zero-order valence-corrected chi connectivity index (χ0v) is 15.0. The van der Waals surface area contributed by atoms with Crippen LogP contribution >= 0.6 is 11.8 Å². The van der Waals surface area contributed by atoms with Gasteiger partial charge in [-0.05, 0) is 47.2 Å². The number of terminal acetylenes is 1. The van der Waals surface area contributed by atoms with E-state index in [2.05, 4.69) is 12.0 Å². The molecular weight excluding hydrogens is 360 g/mol. The molecule has 3 rings (SSSR count). The van der Waals surface area contributed by atoms with Gasteiger partial charge in [-0.1, -0.05) is 36.3 Å². The number of thioether (sulfide) groups is 1. The first kappa shape index (κ1) is 18.3. The van der Waals surface area contributed by atoms with Crippen LogP contribution in [0.2, 0.25) is 0 Å². The minimum absolute atomic E-state index is 0.0740. The summed E-state index contributed by atoms with van der Waals surface area (Å²) in [6.45, 7) is 0.257. The van der Waals surface area contributed by atoms with Gasteiger partial charge in [0.2, 0.25) is 0 Å². The van der Waals surface area contributed by atoms with Crippen molar-refractivity contribution in [3.63, 3.8) is 0 Å². The van der Waals surface area contributed by atoms with E-state index in [0.29, 0.717) is 21.8 Å². The molecule has 6 heteroatoms. The number of carbonyl (C=O) groups is 2. The zero-order valence-electron chi connectivity index (χ0n) is 14.2. The Morgan fingerprint density at radius 2 is 1.89 bits per heavy atom. The van der Waals surface area contributed by atoms with Crippen LogP contribution in [0.1, 0.15) is 16.7 Å². The standard InChI is InChI=1S/C21H14N2O3S/c1-2-11-26-18-9-7-15(8-10-18)12-19-20(24)23(21(25)27-19)14-17-6-4-3-5-16(17)13-22/h1,3-10,12H,11,14H2/b19-12+. The molecule has 0 aromatic heterocycles. The Morgan fingerprint density at radius 3 is 2.59 bits per heavy atom. The van der Waals surface area contributed by atoms with Crippen LogP contribution < -0.4 is 4.74 Å². The van der Waals surface area contributed by atoms with Gasteiger partial charge in [0.1, 0.15) is 12.4 Å². The number of ether oxygens (including phenoxy) is 1. The van der Waals surface area contributed by atoms with E-state index in [1.165, 1.54) is 0 Å². The molecule has 0 atom stereocenters. The maximum absolute atomic E-state index is 12.6. The summed E-state index contributed by atoms with van der Waals surface area (Å²) in [7, 11) is 0. The molecule has 0 aliphatic carbocycles. The minimum Gasteiger partial charge on any atom is -0.481 e. The molecular formula is C21H14N2O3S. The van der Waals surface area contributed by atoms with Crippen LogP contribution in [0.4, 0.5) is 4.79 Å². The highest BCUT2D eigenvalue weighted by atomic mass is 32.2. The van der Waals surface area contributed by atoms with E-state index in [1.807, 2.05) is 0 Å². The fraction of sp³-hybridized carbons (Fsp3) is 0.0952. The number of hydrogen-bond acceptors (Lipinski definition) is 5. The van der Waals surface area contributed by atoms with Gasteiger partial charge >= 0.3 is 0 Å². The first-order valence-corrected chi connectivity index (χ1v) is 8.83. The van der Waals surface area contributed by atoms with Crippen LogP contribution in [0.15, 0.2) is 53.4 Å². The van der Waals surface area contributed by atoms with E-state index in [9.17, 15) is 14.9 Å². The Labute approximate surface area is 161 Å². The maximum Gasteiger partial charge on any atom is 0.293 e. The van der Waals surface area contributed by atoms with Gasteiger partial charge in [0, 0.05) is 0 Å². The lowest BCUT2D eigenvalue weighted by Gasteiger charge is -2.13. The van der Waals surface area contributed by atoms with Crippen molar-refractivity contribution in [2.45, 2.75) is 6.54 Å². The lowest BCUT2D eigenvalue weighted by atomic mass is 10.1. The number of nitrogens with zero attached hydrogens (tertiary/aromatic N) is 2. The molecule has 2 aromatic carbocycles. The predicted molar refractivity (Wildman–Crippen MR) is 103 cm³/mol. The van der Waals surface area contributed by atoms with Crippen molar-refractivity contribution in [2.75, 3.05) is 6.61 Å². The van der Waals surface area contributed by atoms with E-state index in [4.69, 9.17) is 11.2 Å². The third-order valence-electron chi connectivity index (χ3n) is 3.84. The largest absolute Gasteiger partial charge is 0.481 e. The molecule has 0 unspecified atom stereocenters. The van der Waals surface area contributed by atoms with Crippen molar-refractivity contribution < 1.29 is 14.3 Å². The molecule has 1 saturated heterocycles. The highest BCUT2D eigenvalue weighted by Gasteiger charge is 2.35. The molecule has 0 saturated carbocycles. The number of rotatable bonds is 5. The molecule has 132 valence electrons. The van der Waals surface area contributed by atoms with Gasteiger partial charge in [-0.3, -0.25) is 14.5 Å². The van der Waals surface area contributed by atoms with E-state index in [1.54, 1.807) is 54.6 Å². The number of carbonyl (C=O) groups excluding carboxylic acids is 2. The smallest absolute Gasteiger partial charge is 0.293 e. The molecule has 0 spiro atoms. The molecule has 5 nitrogen and oxygen atoms in total. The van der Waals surface area contributed by atoms with Crippen molar-refractivity contribution in [1.29, 1.82) is 5.26 Å². The summed E-state index contributed by atoms with van der Waals surface area (Å²) in [6, 6.07) is 16.0. The monoisotopic (exact) mass is 374 g/mol. The number of nitriles is 1. The number of benzene rings is 2. The molecule has 0 bridgehead atoms. The second-order valence-electron chi connectivity index (χ2n) is 5.60. The molecule has 0 N–H and O–H groups in total. The summed E-state index contributed by atoms with van der Waals surface area (Å²) in [6.07, 6.45) is 6.81. The molecule has 2 aromatic rings. The fourth-order valence-electron chi connectivity index (χ4n) is 2.51. The molecule has 27 heavy (non-hydrogen) atoms. The number of amides is 2. The average Bonchev–Trinajstić information content (AvgIpc) is 2.95. The molecule has 0 radical (unpaired) electrons. The third kappa shape index (κ3) is 4.20. The summed E-state index contributed by atoms with van der Waals surface area (Å²) in [5.74, 6) is 2.65. The first-order chi connectivity index (χ1) is 13.1. The summed E-state index contributed by atoms with van der Waals surface area (Å²) < 4.78 is 5.31. The molecule has 1 fully saturated rings. The van der Waals surface area contributed by atoms with Gasteiger partial charge in [-0.25, -0.2) is 0 Å². The first-order valence-electron chi connectivity index (χ1n) is 8.02. The maximum atomic E-state index is 12.6. The molecule has 2 amide bonds. The summed E-state index contributed by atoms with van der Waals surface area (Å²) in [5, 5.41) is 8.82. The third-order valence-corrected chi connectivity index (χ3v) is 4.75. The Morgan fingerprint density at radius 1 is 1.15 bits per heavy atom. The Hall–Kier alpha value is -3.48. The topological polar surface area (TPSA) is 70.4 Å². The van der Waals surface area contributed by atoms with Gasteiger partial charge in [0.25, 0.3) is 11.1 Å². The van der Waals surface area contributed by atoms with Crippen LogP contribution in [0.25, 0.3) is 6.08 Å². The van der Waals surface area contributed by atoms with Crippen LogP contribution in [0.5, 0.6) is 5.75 Å². The molecule has 1 aliphatic heterocycles. The van der Waals surface area contributed by atoms with Crippen molar-refractivity contribution in [1.82, 2.24) is 4.90 Å². The summed E-state index contributed by atoms with van der Waals surface area (Å²) in [4.78, 5) is 26.4. The number of hydrogen-bond donors (Lipinski definition) is 0. The van der Waals surface area contributed by atoms with E-state index >= 15 is 0 Å². The summed E-state index contributed by atoms with van der Waals surface area (Å²) >= 11 is 0.885. The van der Waals surface area contributed by atoms with Crippen LogP contribution in [-0.2, 0) is 11.3 Å². The van der Waals surface area contributed by atoms with E-state index < -0.39 is 0 Å². The second kappa shape index (κ2) is 8.27. The number of imide groups is 1. The quantitative estimate of drug-likeness (QED) is 0.588. The van der Waals surface area contributed by atoms with Crippen molar-refractivity contribution >= 4 is 29.0 Å². The zero-order chi connectivity index (χ0) is 19.2. The van der Waals surface area contributed by atoms with E-state index in [0.717, 1.165) is 22.2 Å². The summed E-state index contributed by atoms with van der Waals surface area (Å²) in [5.41, 5.74) is 1.85. The SMILES string of the molecule is C#CCOc1ccc(/C=C2/SC(=O)N(Cc3ccccc3C#N)C2=O)cc1. The van der Waals surface area contributed by atoms with Gasteiger partial charge in [-0.15, -0.1) is 6.42 Å².